The molecule has 3 aromatic rings. The summed E-state index contributed by atoms with van der Waals surface area (Å²) in [4.78, 5) is 4.76. The molecule has 1 heterocycles. The van der Waals surface area contributed by atoms with E-state index in [1.54, 1.807) is 0 Å². The van der Waals surface area contributed by atoms with E-state index < -0.39 is 0 Å². The van der Waals surface area contributed by atoms with Crippen LogP contribution in [0.15, 0.2) is 59.8 Å². The molecule has 0 radical (unpaired) electrons. The summed E-state index contributed by atoms with van der Waals surface area (Å²) in [5, 5.41) is 14.8. The Labute approximate surface area is 157 Å². The molecule has 0 aliphatic heterocycles. The zero-order valence-corrected chi connectivity index (χ0v) is 15.5. The van der Waals surface area contributed by atoms with E-state index in [1.807, 2.05) is 35.0 Å². The third-order valence-corrected chi connectivity index (χ3v) is 5.43. The van der Waals surface area contributed by atoms with Crippen LogP contribution in [0.4, 0.5) is 0 Å². The highest BCUT2D eigenvalue weighted by Gasteiger charge is 2.31. The molecule has 1 fully saturated rings. The molecule has 1 aliphatic carbocycles. The SMILES string of the molecule is Cc1ccc(C[C@@H](C#N)Sc2nc(C3CC3)n(-c3ccccc3)n2)cc1. The topological polar surface area (TPSA) is 54.5 Å². The summed E-state index contributed by atoms with van der Waals surface area (Å²) in [6.45, 7) is 2.07. The number of nitriles is 1. The number of nitrogens with zero attached hydrogens (tertiary/aromatic N) is 4. The van der Waals surface area contributed by atoms with Crippen molar-refractivity contribution in [3.8, 4) is 11.8 Å². The van der Waals surface area contributed by atoms with Gasteiger partial charge in [0, 0.05) is 5.92 Å². The van der Waals surface area contributed by atoms with Crippen LogP contribution in [0.2, 0.25) is 0 Å². The summed E-state index contributed by atoms with van der Waals surface area (Å²) in [7, 11) is 0. The van der Waals surface area contributed by atoms with Gasteiger partial charge in [-0.15, -0.1) is 5.10 Å². The number of benzene rings is 2. The van der Waals surface area contributed by atoms with Crippen LogP contribution in [0, 0.1) is 18.3 Å². The Bertz CT molecular complexity index is 921. The third kappa shape index (κ3) is 3.81. The van der Waals surface area contributed by atoms with Gasteiger partial charge < -0.3 is 0 Å². The van der Waals surface area contributed by atoms with Gasteiger partial charge >= 0.3 is 0 Å². The zero-order valence-electron chi connectivity index (χ0n) is 14.7. The fourth-order valence-electron chi connectivity index (χ4n) is 2.90. The molecule has 1 aliphatic rings. The summed E-state index contributed by atoms with van der Waals surface area (Å²) >= 11 is 1.46. The van der Waals surface area contributed by atoms with Crippen molar-refractivity contribution in [2.24, 2.45) is 0 Å². The van der Waals surface area contributed by atoms with Crippen molar-refractivity contribution in [2.45, 2.75) is 42.5 Å². The van der Waals surface area contributed by atoms with E-state index in [2.05, 4.69) is 37.3 Å². The zero-order chi connectivity index (χ0) is 17.9. The predicted octanol–water partition coefficient (Wildman–Crippen LogP) is 4.68. The van der Waals surface area contributed by atoms with E-state index in [9.17, 15) is 5.26 Å². The molecular weight excluding hydrogens is 340 g/mol. The number of para-hydroxylation sites is 1. The number of thioether (sulfide) groups is 1. The second kappa shape index (κ2) is 7.35. The van der Waals surface area contributed by atoms with Crippen LogP contribution in [-0.4, -0.2) is 20.0 Å². The van der Waals surface area contributed by atoms with Crippen LogP contribution < -0.4 is 0 Å². The van der Waals surface area contributed by atoms with E-state index in [4.69, 9.17) is 10.1 Å². The molecule has 0 amide bonds. The Kier molecular flexibility index (Phi) is 4.77. The molecule has 130 valence electrons. The lowest BCUT2D eigenvalue weighted by Gasteiger charge is -2.06. The highest BCUT2D eigenvalue weighted by Crippen LogP contribution is 2.40. The molecule has 5 heteroatoms. The van der Waals surface area contributed by atoms with Crippen LogP contribution in [0.3, 0.4) is 0 Å². The van der Waals surface area contributed by atoms with Crippen molar-refractivity contribution in [3.63, 3.8) is 0 Å². The molecule has 0 bridgehead atoms. The Morgan fingerprint density at radius 1 is 1.15 bits per heavy atom. The first-order chi connectivity index (χ1) is 12.7. The largest absolute Gasteiger partial charge is 0.216 e. The predicted molar refractivity (Wildman–Crippen MR) is 103 cm³/mol. The van der Waals surface area contributed by atoms with Gasteiger partial charge in [-0.05, 0) is 43.9 Å². The van der Waals surface area contributed by atoms with Crippen molar-refractivity contribution >= 4 is 11.8 Å². The van der Waals surface area contributed by atoms with Crippen LogP contribution in [0.1, 0.15) is 35.7 Å². The molecule has 0 spiro atoms. The van der Waals surface area contributed by atoms with E-state index in [0.29, 0.717) is 17.5 Å². The van der Waals surface area contributed by atoms with E-state index in [1.165, 1.54) is 35.7 Å². The first-order valence-electron chi connectivity index (χ1n) is 8.87. The minimum absolute atomic E-state index is 0.198. The first kappa shape index (κ1) is 16.9. The van der Waals surface area contributed by atoms with Gasteiger partial charge in [-0.3, -0.25) is 0 Å². The normalized spacial score (nSPS) is 14.8. The van der Waals surface area contributed by atoms with Crippen molar-refractivity contribution in [1.82, 2.24) is 14.8 Å². The van der Waals surface area contributed by atoms with Gasteiger partial charge in [0.05, 0.1) is 11.8 Å². The number of hydrogen-bond acceptors (Lipinski definition) is 4. The molecular formula is C21H20N4S. The van der Waals surface area contributed by atoms with Gasteiger partial charge in [-0.1, -0.05) is 59.8 Å². The van der Waals surface area contributed by atoms with Gasteiger partial charge in [0.25, 0.3) is 0 Å². The van der Waals surface area contributed by atoms with Crippen LogP contribution in [0.25, 0.3) is 5.69 Å². The molecule has 26 heavy (non-hydrogen) atoms. The maximum absolute atomic E-state index is 9.58. The van der Waals surface area contributed by atoms with Crippen molar-refractivity contribution < 1.29 is 0 Å². The van der Waals surface area contributed by atoms with Gasteiger partial charge in [-0.25, -0.2) is 9.67 Å². The summed E-state index contributed by atoms with van der Waals surface area (Å²) in [6, 6.07) is 20.9. The molecule has 0 saturated heterocycles. The van der Waals surface area contributed by atoms with Crippen molar-refractivity contribution in [2.75, 3.05) is 0 Å². The standard InChI is InChI=1S/C21H20N4S/c1-15-7-9-16(10-8-15)13-19(14-22)26-21-23-20(17-11-12-17)25(24-21)18-5-3-2-4-6-18/h2-10,17,19H,11-13H2,1H3/t19-/m0/s1. The number of aromatic nitrogens is 3. The lowest BCUT2D eigenvalue weighted by Crippen LogP contribution is -2.04. The van der Waals surface area contributed by atoms with Gasteiger partial charge in [0.15, 0.2) is 0 Å². The summed E-state index contributed by atoms with van der Waals surface area (Å²) in [5.74, 6) is 1.51. The monoisotopic (exact) mass is 360 g/mol. The van der Waals surface area contributed by atoms with Crippen LogP contribution in [-0.2, 0) is 6.42 Å². The Balaban J connectivity index is 1.55. The molecule has 4 rings (SSSR count). The average molecular weight is 360 g/mol. The maximum atomic E-state index is 9.58. The highest BCUT2D eigenvalue weighted by molar-refractivity contribution is 8.00. The second-order valence-electron chi connectivity index (χ2n) is 6.70. The molecule has 0 unspecified atom stereocenters. The van der Waals surface area contributed by atoms with Crippen LogP contribution >= 0.6 is 11.8 Å². The number of aryl methyl sites for hydroxylation is 1. The lowest BCUT2D eigenvalue weighted by molar-refractivity contribution is 0.782. The summed E-state index contributed by atoms with van der Waals surface area (Å²) in [5.41, 5.74) is 3.42. The highest BCUT2D eigenvalue weighted by atomic mass is 32.2. The number of hydrogen-bond donors (Lipinski definition) is 0. The average Bonchev–Trinajstić information content (AvgIpc) is 3.44. The van der Waals surface area contributed by atoms with E-state index >= 15 is 0 Å². The number of rotatable bonds is 6. The Morgan fingerprint density at radius 3 is 2.54 bits per heavy atom. The molecule has 1 aromatic heterocycles. The second-order valence-corrected chi connectivity index (χ2v) is 7.87. The van der Waals surface area contributed by atoms with Gasteiger partial charge in [0.1, 0.15) is 11.1 Å². The molecule has 2 aromatic carbocycles. The Hall–Kier alpha value is -2.58. The fourth-order valence-corrected chi connectivity index (χ4v) is 3.76. The van der Waals surface area contributed by atoms with Crippen molar-refractivity contribution in [1.29, 1.82) is 5.26 Å². The summed E-state index contributed by atoms with van der Waals surface area (Å²) in [6.07, 6.45) is 3.03. The van der Waals surface area contributed by atoms with Gasteiger partial charge in [0.2, 0.25) is 5.16 Å². The van der Waals surface area contributed by atoms with Gasteiger partial charge in [-0.2, -0.15) is 5.26 Å². The maximum Gasteiger partial charge on any atom is 0.210 e. The summed E-state index contributed by atoms with van der Waals surface area (Å²) < 4.78 is 1.94. The quantitative estimate of drug-likeness (QED) is 0.599. The van der Waals surface area contributed by atoms with Crippen LogP contribution in [0.5, 0.6) is 0 Å². The molecule has 1 atom stereocenters. The van der Waals surface area contributed by atoms with Crippen molar-refractivity contribution in [3.05, 3.63) is 71.5 Å². The minimum atomic E-state index is -0.198. The minimum Gasteiger partial charge on any atom is -0.216 e. The Morgan fingerprint density at radius 2 is 1.88 bits per heavy atom. The van der Waals surface area contributed by atoms with E-state index in [-0.39, 0.29) is 5.25 Å². The molecule has 1 saturated carbocycles. The fraction of sp³-hybridized carbons (Fsp3) is 0.286. The molecule has 4 nitrogen and oxygen atoms in total. The third-order valence-electron chi connectivity index (χ3n) is 4.49. The lowest BCUT2D eigenvalue weighted by atomic mass is 10.1. The first-order valence-corrected chi connectivity index (χ1v) is 9.75. The van der Waals surface area contributed by atoms with E-state index in [0.717, 1.165) is 11.5 Å². The smallest absolute Gasteiger partial charge is 0.210 e. The molecule has 0 N–H and O–H groups in total.